The summed E-state index contributed by atoms with van der Waals surface area (Å²) in [4.78, 5) is 4.68. The third-order valence-electron chi connectivity index (χ3n) is 1.59. The van der Waals surface area contributed by atoms with Crippen LogP contribution in [0.1, 0.15) is 5.56 Å². The summed E-state index contributed by atoms with van der Waals surface area (Å²) >= 11 is 0. The van der Waals surface area contributed by atoms with Crippen LogP contribution in [0.15, 0.2) is 24.3 Å². The van der Waals surface area contributed by atoms with Crippen molar-refractivity contribution < 1.29 is 17.4 Å². The minimum absolute atomic E-state index is 0.304. The second-order valence-corrected chi connectivity index (χ2v) is 4.53. The van der Waals surface area contributed by atoms with Crippen LogP contribution in [0.5, 0.6) is 5.75 Å². The average molecular weight is 231 g/mol. The maximum absolute atomic E-state index is 10.8. The average Bonchev–Trinajstić information content (AvgIpc) is 2.14. The van der Waals surface area contributed by atoms with Crippen LogP contribution < -0.4 is 9.66 Å². The lowest BCUT2D eigenvalue weighted by Gasteiger charge is -2.04. The highest BCUT2D eigenvalue weighted by Gasteiger charge is 2.03. The molecule has 0 amide bonds. The first kappa shape index (κ1) is 12.0. The lowest BCUT2D eigenvalue weighted by atomic mass is 10.2. The Morgan fingerprint density at radius 2 is 1.87 bits per heavy atom. The van der Waals surface area contributed by atoms with E-state index in [0.29, 0.717) is 12.3 Å². The summed E-state index contributed by atoms with van der Waals surface area (Å²) in [5, 5.41) is 0. The molecular weight excluding hydrogens is 218 g/mol. The zero-order valence-electron chi connectivity index (χ0n) is 8.56. The summed E-state index contributed by atoms with van der Waals surface area (Å²) < 4.78 is 26.3. The number of rotatable bonds is 5. The first-order valence-electron chi connectivity index (χ1n) is 4.25. The quantitative estimate of drug-likeness (QED) is 0.596. The minimum Gasteiger partial charge on any atom is -0.383 e. The Hall–Kier alpha value is -1.11. The van der Waals surface area contributed by atoms with Crippen molar-refractivity contribution in [2.75, 3.05) is 13.4 Å². The molecule has 0 unspecified atom stereocenters. The zero-order chi connectivity index (χ0) is 11.3. The van der Waals surface area contributed by atoms with Crippen molar-refractivity contribution in [2.45, 2.75) is 6.54 Å². The van der Waals surface area contributed by atoms with Crippen LogP contribution in [0, 0.1) is 0 Å². The van der Waals surface area contributed by atoms with Gasteiger partial charge in [0.05, 0.1) is 13.4 Å². The summed E-state index contributed by atoms with van der Waals surface area (Å²) in [6.07, 6.45) is 1.01. The first-order chi connectivity index (χ1) is 7.01. The van der Waals surface area contributed by atoms with Crippen molar-refractivity contribution in [3.63, 3.8) is 0 Å². The summed E-state index contributed by atoms with van der Waals surface area (Å²) in [5.41, 5.74) is 3.64. The van der Waals surface area contributed by atoms with Crippen LogP contribution in [0.2, 0.25) is 0 Å². The highest BCUT2D eigenvalue weighted by atomic mass is 32.2. The van der Waals surface area contributed by atoms with Crippen molar-refractivity contribution in [3.05, 3.63) is 29.8 Å². The van der Waals surface area contributed by atoms with Crippen LogP contribution in [0.3, 0.4) is 0 Å². The van der Waals surface area contributed by atoms with Crippen LogP contribution >= 0.6 is 0 Å². The number of hydrogen-bond donors (Lipinski definition) is 1. The largest absolute Gasteiger partial charge is 0.383 e. The molecule has 0 aliphatic carbocycles. The lowest BCUT2D eigenvalue weighted by molar-refractivity contribution is 0.0867. The summed E-state index contributed by atoms with van der Waals surface area (Å²) in [6, 6.07) is 6.69. The molecule has 1 rings (SSSR count). The predicted molar refractivity (Wildman–Crippen MR) is 55.8 cm³/mol. The first-order valence-corrected chi connectivity index (χ1v) is 6.07. The molecule has 0 saturated heterocycles. The monoisotopic (exact) mass is 231 g/mol. The molecule has 0 aliphatic heterocycles. The van der Waals surface area contributed by atoms with E-state index in [4.69, 9.17) is 0 Å². The molecule has 6 heteroatoms. The molecule has 1 N–H and O–H groups in total. The van der Waals surface area contributed by atoms with Crippen molar-refractivity contribution in [1.82, 2.24) is 5.48 Å². The summed E-state index contributed by atoms with van der Waals surface area (Å²) in [5.74, 6) is 0.304. The molecule has 0 bridgehead atoms. The molecule has 1 aromatic rings. The highest BCUT2D eigenvalue weighted by Crippen LogP contribution is 2.13. The second kappa shape index (κ2) is 5.11. The van der Waals surface area contributed by atoms with Crippen molar-refractivity contribution in [1.29, 1.82) is 0 Å². The molecule has 1 aromatic carbocycles. The van der Waals surface area contributed by atoms with E-state index in [1.807, 2.05) is 0 Å². The van der Waals surface area contributed by atoms with E-state index in [-0.39, 0.29) is 0 Å². The molecule has 84 valence electrons. The normalized spacial score (nSPS) is 11.3. The van der Waals surface area contributed by atoms with Gasteiger partial charge >= 0.3 is 10.1 Å². The number of hydroxylamine groups is 1. The Labute approximate surface area is 89.1 Å². The maximum Gasteiger partial charge on any atom is 0.306 e. The van der Waals surface area contributed by atoms with E-state index < -0.39 is 10.1 Å². The molecule has 0 aromatic heterocycles. The van der Waals surface area contributed by atoms with Crippen molar-refractivity contribution in [3.8, 4) is 5.75 Å². The van der Waals surface area contributed by atoms with Gasteiger partial charge in [-0.05, 0) is 17.7 Å². The van der Waals surface area contributed by atoms with Gasteiger partial charge in [-0.1, -0.05) is 12.1 Å². The van der Waals surface area contributed by atoms with Gasteiger partial charge in [0.2, 0.25) is 0 Å². The molecule has 5 nitrogen and oxygen atoms in total. The molecule has 0 radical (unpaired) electrons. The molecule has 0 heterocycles. The Morgan fingerprint density at radius 3 is 2.33 bits per heavy atom. The Balaban J connectivity index is 2.64. The van der Waals surface area contributed by atoms with Gasteiger partial charge in [0.1, 0.15) is 5.75 Å². The third kappa shape index (κ3) is 4.78. The van der Waals surface area contributed by atoms with E-state index in [1.165, 1.54) is 7.11 Å². The highest BCUT2D eigenvalue weighted by molar-refractivity contribution is 7.86. The molecular formula is C9H13NO4S. The fourth-order valence-electron chi connectivity index (χ4n) is 0.993. The van der Waals surface area contributed by atoms with E-state index in [2.05, 4.69) is 14.5 Å². The number of benzene rings is 1. The van der Waals surface area contributed by atoms with Gasteiger partial charge in [-0.15, -0.1) is 0 Å². The standard InChI is InChI=1S/C9H13NO4S/c1-13-10-7-8-3-5-9(6-4-8)14-15(2,11)12/h3-6,10H,7H2,1-2H3. The van der Waals surface area contributed by atoms with Gasteiger partial charge in [0.15, 0.2) is 0 Å². The van der Waals surface area contributed by atoms with Gasteiger partial charge in [-0.3, -0.25) is 0 Å². The lowest BCUT2D eigenvalue weighted by Crippen LogP contribution is -2.10. The second-order valence-electron chi connectivity index (χ2n) is 2.96. The fourth-order valence-corrected chi connectivity index (χ4v) is 1.45. The molecule has 0 fully saturated rings. The maximum atomic E-state index is 10.8. The van der Waals surface area contributed by atoms with E-state index in [0.717, 1.165) is 11.8 Å². The minimum atomic E-state index is -3.45. The number of nitrogens with one attached hydrogen (secondary N) is 1. The van der Waals surface area contributed by atoms with Gasteiger partial charge in [0.25, 0.3) is 0 Å². The Kier molecular flexibility index (Phi) is 4.07. The smallest absolute Gasteiger partial charge is 0.306 e. The van der Waals surface area contributed by atoms with Gasteiger partial charge in [-0.2, -0.15) is 13.9 Å². The van der Waals surface area contributed by atoms with Crippen molar-refractivity contribution in [2.24, 2.45) is 0 Å². The van der Waals surface area contributed by atoms with E-state index >= 15 is 0 Å². The van der Waals surface area contributed by atoms with E-state index in [1.54, 1.807) is 24.3 Å². The van der Waals surface area contributed by atoms with Crippen LogP contribution in [-0.2, 0) is 21.5 Å². The molecule has 0 aliphatic rings. The van der Waals surface area contributed by atoms with Gasteiger partial charge < -0.3 is 9.02 Å². The molecule has 15 heavy (non-hydrogen) atoms. The third-order valence-corrected chi connectivity index (χ3v) is 2.09. The van der Waals surface area contributed by atoms with Gasteiger partial charge in [-0.25, -0.2) is 0 Å². The fraction of sp³-hybridized carbons (Fsp3) is 0.333. The van der Waals surface area contributed by atoms with Gasteiger partial charge in [0, 0.05) is 6.54 Å². The molecule has 0 saturated carbocycles. The predicted octanol–water partition coefficient (Wildman–Crippen LogP) is 0.676. The number of hydrogen-bond acceptors (Lipinski definition) is 5. The summed E-state index contributed by atoms with van der Waals surface area (Å²) in [7, 11) is -1.92. The van der Waals surface area contributed by atoms with Crippen LogP contribution in [-0.4, -0.2) is 21.8 Å². The SMILES string of the molecule is CONCc1ccc(OS(C)(=O)=O)cc1. The molecule has 0 atom stereocenters. The van der Waals surface area contributed by atoms with Crippen molar-refractivity contribution >= 4 is 10.1 Å². The topological polar surface area (TPSA) is 64.6 Å². The Bertz CT molecular complexity index is 399. The zero-order valence-corrected chi connectivity index (χ0v) is 9.37. The van der Waals surface area contributed by atoms with E-state index in [9.17, 15) is 8.42 Å². The van der Waals surface area contributed by atoms with Crippen LogP contribution in [0.4, 0.5) is 0 Å². The van der Waals surface area contributed by atoms with Crippen LogP contribution in [0.25, 0.3) is 0 Å². The summed E-state index contributed by atoms with van der Waals surface area (Å²) in [6.45, 7) is 0.551. The molecule has 0 spiro atoms. The Morgan fingerprint density at radius 1 is 1.27 bits per heavy atom.